The van der Waals surface area contributed by atoms with Gasteiger partial charge in [0.05, 0.1) is 6.61 Å². The van der Waals surface area contributed by atoms with E-state index in [4.69, 9.17) is 10.5 Å². The normalized spacial score (nSPS) is 19.8. The fraction of sp³-hybridized carbons (Fsp3) is 0.571. The smallest absolute Gasteiger partial charge is 0.149 e. The van der Waals surface area contributed by atoms with Crippen molar-refractivity contribution in [3.05, 3.63) is 29.3 Å². The molecule has 0 spiro atoms. The molecule has 2 N–H and O–H groups in total. The van der Waals surface area contributed by atoms with Crippen molar-refractivity contribution in [2.75, 3.05) is 31.7 Å². The fourth-order valence-electron chi connectivity index (χ4n) is 2.68. The van der Waals surface area contributed by atoms with Crippen LogP contribution in [0, 0.1) is 17.6 Å². The Balaban J connectivity index is 2.21. The van der Waals surface area contributed by atoms with Gasteiger partial charge in [0.15, 0.2) is 0 Å². The minimum absolute atomic E-state index is 0.0676. The number of methoxy groups -OCH3 is 1. The Kier molecular flexibility index (Phi) is 4.71. The zero-order valence-corrected chi connectivity index (χ0v) is 11.2. The van der Waals surface area contributed by atoms with Crippen LogP contribution in [0.5, 0.6) is 0 Å². The topological polar surface area (TPSA) is 38.5 Å². The third-order valence-corrected chi connectivity index (χ3v) is 3.55. The Morgan fingerprint density at radius 2 is 2.05 bits per heavy atom. The van der Waals surface area contributed by atoms with E-state index in [0.29, 0.717) is 31.2 Å². The van der Waals surface area contributed by atoms with Gasteiger partial charge in [-0.3, -0.25) is 0 Å². The van der Waals surface area contributed by atoms with Crippen LogP contribution in [0.3, 0.4) is 0 Å². The third kappa shape index (κ3) is 3.22. The van der Waals surface area contributed by atoms with Crippen molar-refractivity contribution in [2.45, 2.75) is 19.4 Å². The van der Waals surface area contributed by atoms with E-state index in [1.165, 1.54) is 12.1 Å². The van der Waals surface area contributed by atoms with E-state index in [0.717, 1.165) is 12.8 Å². The molecule has 1 aliphatic heterocycles. The largest absolute Gasteiger partial charge is 0.384 e. The lowest BCUT2D eigenvalue weighted by Gasteiger charge is -2.34. The Morgan fingerprint density at radius 3 is 2.63 bits per heavy atom. The van der Waals surface area contributed by atoms with E-state index in [1.54, 1.807) is 12.0 Å². The van der Waals surface area contributed by atoms with Gasteiger partial charge in [-0.2, -0.15) is 0 Å². The molecule has 2 rings (SSSR count). The van der Waals surface area contributed by atoms with Crippen molar-refractivity contribution in [1.29, 1.82) is 0 Å². The van der Waals surface area contributed by atoms with Gasteiger partial charge in [-0.1, -0.05) is 0 Å². The summed E-state index contributed by atoms with van der Waals surface area (Å²) >= 11 is 0. The summed E-state index contributed by atoms with van der Waals surface area (Å²) in [7, 11) is 1.65. The lowest BCUT2D eigenvalue weighted by molar-refractivity contribution is 0.143. The van der Waals surface area contributed by atoms with Crippen molar-refractivity contribution < 1.29 is 13.5 Å². The molecule has 19 heavy (non-hydrogen) atoms. The van der Waals surface area contributed by atoms with E-state index >= 15 is 0 Å². The molecule has 1 aromatic carbocycles. The minimum atomic E-state index is -0.529. The minimum Gasteiger partial charge on any atom is -0.384 e. The molecule has 0 bridgehead atoms. The SMILES string of the molecule is COCC1CCCN(c2c(F)cc(CN)cc2F)C1. The van der Waals surface area contributed by atoms with E-state index in [2.05, 4.69) is 0 Å². The number of nitrogens with two attached hydrogens (primary N) is 1. The number of nitrogens with zero attached hydrogens (tertiary/aromatic N) is 1. The summed E-state index contributed by atoms with van der Waals surface area (Å²) in [6, 6.07) is 2.64. The zero-order valence-electron chi connectivity index (χ0n) is 11.2. The summed E-state index contributed by atoms with van der Waals surface area (Å²) in [5.74, 6) is -0.733. The molecule has 0 amide bonds. The molecule has 0 aromatic heterocycles. The van der Waals surface area contributed by atoms with Crippen molar-refractivity contribution in [1.82, 2.24) is 0 Å². The Morgan fingerprint density at radius 1 is 1.37 bits per heavy atom. The second-order valence-corrected chi connectivity index (χ2v) is 5.02. The molecular formula is C14H20F2N2O. The number of ether oxygens (including phenoxy) is 1. The molecule has 0 radical (unpaired) electrons. The molecule has 1 fully saturated rings. The quantitative estimate of drug-likeness (QED) is 0.912. The van der Waals surface area contributed by atoms with Crippen LogP contribution in [0.2, 0.25) is 0 Å². The first-order valence-electron chi connectivity index (χ1n) is 6.57. The molecular weight excluding hydrogens is 250 g/mol. The molecule has 1 atom stereocenters. The second-order valence-electron chi connectivity index (χ2n) is 5.02. The first-order valence-corrected chi connectivity index (χ1v) is 6.57. The number of benzene rings is 1. The van der Waals surface area contributed by atoms with Crippen molar-refractivity contribution in [2.24, 2.45) is 11.7 Å². The fourth-order valence-corrected chi connectivity index (χ4v) is 2.68. The number of anilines is 1. The van der Waals surface area contributed by atoms with Crippen molar-refractivity contribution >= 4 is 5.69 Å². The highest BCUT2D eigenvalue weighted by Crippen LogP contribution is 2.29. The van der Waals surface area contributed by atoms with Gasteiger partial charge in [0, 0.05) is 26.7 Å². The van der Waals surface area contributed by atoms with Gasteiger partial charge in [-0.15, -0.1) is 0 Å². The first kappa shape index (κ1) is 14.2. The molecule has 3 nitrogen and oxygen atoms in total. The Bertz CT molecular complexity index is 414. The van der Waals surface area contributed by atoms with E-state index in [-0.39, 0.29) is 12.2 Å². The number of hydrogen-bond acceptors (Lipinski definition) is 3. The molecule has 1 aliphatic rings. The predicted octanol–water partition coefficient (Wildman–Crippen LogP) is 2.29. The molecule has 1 aromatic rings. The lowest BCUT2D eigenvalue weighted by atomic mass is 9.98. The maximum atomic E-state index is 14.0. The molecule has 106 valence electrons. The second kappa shape index (κ2) is 6.30. The maximum Gasteiger partial charge on any atom is 0.149 e. The summed E-state index contributed by atoms with van der Waals surface area (Å²) in [5, 5.41) is 0. The van der Waals surface area contributed by atoms with Crippen LogP contribution in [-0.2, 0) is 11.3 Å². The predicted molar refractivity (Wildman–Crippen MR) is 71.1 cm³/mol. The number of piperidine rings is 1. The van der Waals surface area contributed by atoms with Crippen LogP contribution in [0.1, 0.15) is 18.4 Å². The van der Waals surface area contributed by atoms with Gasteiger partial charge < -0.3 is 15.4 Å². The number of rotatable bonds is 4. The molecule has 0 aliphatic carbocycles. The summed E-state index contributed by atoms with van der Waals surface area (Å²) in [6.07, 6.45) is 1.96. The third-order valence-electron chi connectivity index (χ3n) is 3.55. The molecule has 1 saturated heterocycles. The Labute approximate surface area is 112 Å². The molecule has 1 heterocycles. The van der Waals surface area contributed by atoms with Crippen LogP contribution in [0.4, 0.5) is 14.5 Å². The highest BCUT2D eigenvalue weighted by molar-refractivity contribution is 5.51. The van der Waals surface area contributed by atoms with Crippen LogP contribution in [0.15, 0.2) is 12.1 Å². The Hall–Kier alpha value is -1.20. The van der Waals surface area contributed by atoms with E-state index in [9.17, 15) is 8.78 Å². The average Bonchev–Trinajstić information content (AvgIpc) is 2.38. The number of hydrogen-bond donors (Lipinski definition) is 1. The van der Waals surface area contributed by atoms with Crippen molar-refractivity contribution in [3.8, 4) is 0 Å². The molecule has 1 unspecified atom stereocenters. The average molecular weight is 270 g/mol. The monoisotopic (exact) mass is 270 g/mol. The molecule has 5 heteroatoms. The van der Waals surface area contributed by atoms with Gasteiger partial charge in [0.2, 0.25) is 0 Å². The summed E-state index contributed by atoms with van der Waals surface area (Å²) < 4.78 is 33.2. The zero-order chi connectivity index (χ0) is 13.8. The van der Waals surface area contributed by atoms with Gasteiger partial charge >= 0.3 is 0 Å². The van der Waals surface area contributed by atoms with Gasteiger partial charge in [-0.05, 0) is 36.5 Å². The lowest BCUT2D eigenvalue weighted by Crippen LogP contribution is -2.38. The summed E-state index contributed by atoms with van der Waals surface area (Å²) in [5.41, 5.74) is 5.96. The van der Waals surface area contributed by atoms with Gasteiger partial charge in [0.1, 0.15) is 17.3 Å². The van der Waals surface area contributed by atoms with Gasteiger partial charge in [-0.25, -0.2) is 8.78 Å². The van der Waals surface area contributed by atoms with E-state index < -0.39 is 11.6 Å². The standard InChI is InChI=1S/C14H20F2N2O/c1-19-9-10-3-2-4-18(8-10)14-12(15)5-11(7-17)6-13(14)16/h5-6,10H,2-4,7-9,17H2,1H3. The highest BCUT2D eigenvalue weighted by atomic mass is 19.1. The maximum absolute atomic E-state index is 14.0. The summed E-state index contributed by atoms with van der Waals surface area (Å²) in [4.78, 5) is 1.78. The van der Waals surface area contributed by atoms with Crippen LogP contribution in [-0.4, -0.2) is 26.8 Å². The van der Waals surface area contributed by atoms with Crippen molar-refractivity contribution in [3.63, 3.8) is 0 Å². The number of halogens is 2. The van der Waals surface area contributed by atoms with E-state index in [1.807, 2.05) is 0 Å². The highest BCUT2D eigenvalue weighted by Gasteiger charge is 2.24. The first-order chi connectivity index (χ1) is 9.15. The van der Waals surface area contributed by atoms with Crippen LogP contribution >= 0.6 is 0 Å². The van der Waals surface area contributed by atoms with Crippen LogP contribution < -0.4 is 10.6 Å². The summed E-state index contributed by atoms with van der Waals surface area (Å²) in [6.45, 7) is 2.07. The van der Waals surface area contributed by atoms with Gasteiger partial charge in [0.25, 0.3) is 0 Å². The molecule has 0 saturated carbocycles. The van der Waals surface area contributed by atoms with Crippen LogP contribution in [0.25, 0.3) is 0 Å².